The molecular formula is C40H51N5O6Si. The molecule has 3 fully saturated rings. The van der Waals surface area contributed by atoms with Crippen LogP contribution in [0.1, 0.15) is 50.2 Å². The number of nitrogens with zero attached hydrogens (tertiary/aromatic N) is 1. The van der Waals surface area contributed by atoms with Crippen molar-refractivity contribution in [1.29, 1.82) is 0 Å². The van der Waals surface area contributed by atoms with Crippen molar-refractivity contribution in [3.63, 3.8) is 0 Å². The van der Waals surface area contributed by atoms with E-state index in [1.807, 2.05) is 54.6 Å². The van der Waals surface area contributed by atoms with E-state index in [4.69, 9.17) is 9.47 Å². The Bertz CT molecular complexity index is 1790. The minimum atomic E-state index is -2.35. The number of carbonyl (C=O) groups is 3. The number of benzene rings is 3. The van der Waals surface area contributed by atoms with Gasteiger partial charge in [-0.1, -0.05) is 49.5 Å². The average Bonchev–Trinajstić information content (AvgIpc) is 3.96. The Morgan fingerprint density at radius 2 is 1.56 bits per heavy atom. The molecule has 11 nitrogen and oxygen atoms in total. The highest BCUT2D eigenvalue weighted by atomic mass is 28.3. The second-order valence-electron chi connectivity index (χ2n) is 15.3. The highest BCUT2D eigenvalue weighted by Gasteiger charge is 2.66. The molecule has 276 valence electrons. The highest BCUT2D eigenvalue weighted by Crippen LogP contribution is 2.60. The van der Waals surface area contributed by atoms with Crippen LogP contribution in [0, 0.1) is 5.92 Å². The summed E-state index contributed by atoms with van der Waals surface area (Å²) in [4.78, 5) is 42.8. The Labute approximate surface area is 306 Å². The van der Waals surface area contributed by atoms with Gasteiger partial charge in [0.2, 0.25) is 11.8 Å². The Hall–Kier alpha value is -4.07. The number of aliphatic hydroxyl groups excluding tert-OH is 1. The fraction of sp³-hybridized carbons (Fsp3) is 0.475. The summed E-state index contributed by atoms with van der Waals surface area (Å²) >= 11 is 0. The van der Waals surface area contributed by atoms with Crippen LogP contribution in [0.25, 0.3) is 0 Å². The third kappa shape index (κ3) is 6.55. The number of hydrogen-bond donors (Lipinski definition) is 5. The molecule has 0 aliphatic carbocycles. The SMILES string of the molecule is COc1ccc([Si](C)(C)[C@H]2[C@H](CCO)O[C@@]3(C(=O)N(Cc4ccc(NC(=O)[C@H]5CCCN5)cc4)c4ccc(NC(=O)[C@H]5CCCN5)cc43)[C@@H]2C)cc1. The van der Waals surface area contributed by atoms with E-state index in [1.165, 1.54) is 5.19 Å². The number of methoxy groups -OCH3 is 1. The number of nitrogens with one attached hydrogen (secondary N) is 4. The van der Waals surface area contributed by atoms with Crippen LogP contribution in [0.15, 0.2) is 66.7 Å². The largest absolute Gasteiger partial charge is 0.497 e. The van der Waals surface area contributed by atoms with Crippen LogP contribution in [-0.2, 0) is 31.3 Å². The van der Waals surface area contributed by atoms with Gasteiger partial charge in [-0.25, -0.2) is 0 Å². The van der Waals surface area contributed by atoms with E-state index in [0.29, 0.717) is 24.3 Å². The number of amides is 3. The van der Waals surface area contributed by atoms with Gasteiger partial charge in [0.1, 0.15) is 5.75 Å². The van der Waals surface area contributed by atoms with Crippen LogP contribution in [0.3, 0.4) is 0 Å². The molecule has 0 bridgehead atoms. The van der Waals surface area contributed by atoms with Gasteiger partial charge in [0.05, 0.1) is 45.6 Å². The van der Waals surface area contributed by atoms with Crippen molar-refractivity contribution >= 4 is 48.0 Å². The standard InChI is InChI=1S/C40H51N5O6Si/c1-25-36(52(3,4)30-16-14-29(50-2)15-17-30)35(19-22-46)51-40(25)31-23-28(44-38(48)33-8-6-21-42-33)13-18-34(31)45(39(40)49)24-26-9-11-27(12-10-26)43-37(47)32-7-5-20-41-32/h9-18,23,25,32-33,35-36,41-42,46H,5-8,19-22,24H2,1-4H3,(H,43,47)(H,44,48)/t25-,32-,33-,35+,36-,40+/m1/s1. The third-order valence-corrected chi connectivity index (χ3v) is 16.2. The predicted octanol–water partition coefficient (Wildman–Crippen LogP) is 4.22. The number of rotatable bonds is 11. The second-order valence-corrected chi connectivity index (χ2v) is 20.0. The summed E-state index contributed by atoms with van der Waals surface area (Å²) < 4.78 is 12.5. The Morgan fingerprint density at radius 3 is 2.13 bits per heavy atom. The maximum absolute atomic E-state index is 15.1. The van der Waals surface area contributed by atoms with Crippen molar-refractivity contribution in [2.45, 2.75) is 88.0 Å². The summed E-state index contributed by atoms with van der Waals surface area (Å²) in [6.45, 7) is 8.65. The van der Waals surface area contributed by atoms with Crippen LogP contribution in [-0.4, -0.2) is 75.9 Å². The maximum Gasteiger partial charge on any atom is 0.264 e. The van der Waals surface area contributed by atoms with Crippen LogP contribution < -0.4 is 36.1 Å². The lowest BCUT2D eigenvalue weighted by Gasteiger charge is -2.37. The molecule has 4 aliphatic rings. The molecule has 4 heterocycles. The summed E-state index contributed by atoms with van der Waals surface area (Å²) in [7, 11) is -0.698. The van der Waals surface area contributed by atoms with Crippen LogP contribution in [0.2, 0.25) is 18.6 Å². The van der Waals surface area contributed by atoms with E-state index in [-0.39, 0.29) is 54.0 Å². The summed E-state index contributed by atoms with van der Waals surface area (Å²) in [6.07, 6.45) is 3.58. The number of fused-ring (bicyclic) bond motifs is 2. The van der Waals surface area contributed by atoms with Gasteiger partial charge in [-0.15, -0.1) is 0 Å². The summed E-state index contributed by atoms with van der Waals surface area (Å²) in [5.74, 6) is 0.265. The van der Waals surface area contributed by atoms with Gasteiger partial charge in [0, 0.05) is 29.5 Å². The van der Waals surface area contributed by atoms with Gasteiger partial charge >= 0.3 is 0 Å². The molecule has 3 saturated heterocycles. The minimum absolute atomic E-state index is 0.0111. The molecule has 3 aromatic rings. The van der Waals surface area contributed by atoms with Crippen molar-refractivity contribution < 1.29 is 29.0 Å². The number of ether oxygens (including phenoxy) is 2. The molecule has 1 spiro atoms. The highest BCUT2D eigenvalue weighted by molar-refractivity contribution is 6.91. The van der Waals surface area contributed by atoms with E-state index in [1.54, 1.807) is 12.0 Å². The van der Waals surface area contributed by atoms with E-state index < -0.39 is 13.7 Å². The van der Waals surface area contributed by atoms with Gasteiger partial charge < -0.3 is 40.7 Å². The molecule has 0 radical (unpaired) electrons. The van der Waals surface area contributed by atoms with E-state index in [0.717, 1.165) is 61.3 Å². The molecule has 4 aliphatic heterocycles. The van der Waals surface area contributed by atoms with Gasteiger partial charge in [-0.2, -0.15) is 0 Å². The molecule has 52 heavy (non-hydrogen) atoms. The molecule has 3 aromatic carbocycles. The van der Waals surface area contributed by atoms with E-state index in [2.05, 4.69) is 53.4 Å². The molecule has 6 atom stereocenters. The number of hydrogen-bond acceptors (Lipinski definition) is 8. The quantitative estimate of drug-likeness (QED) is 0.185. The summed E-state index contributed by atoms with van der Waals surface area (Å²) in [5.41, 5.74) is 2.38. The molecule has 5 N–H and O–H groups in total. The first-order valence-corrected chi connectivity index (χ1v) is 21.7. The monoisotopic (exact) mass is 725 g/mol. The van der Waals surface area contributed by atoms with Gasteiger partial charge in [0.15, 0.2) is 5.60 Å². The van der Waals surface area contributed by atoms with Crippen molar-refractivity contribution in [2.75, 3.05) is 42.3 Å². The fourth-order valence-electron chi connectivity index (χ4n) is 9.10. The van der Waals surface area contributed by atoms with E-state index >= 15 is 4.79 Å². The molecule has 0 unspecified atom stereocenters. The lowest BCUT2D eigenvalue weighted by Crippen LogP contribution is -2.51. The van der Waals surface area contributed by atoms with Crippen LogP contribution >= 0.6 is 0 Å². The Kier molecular flexibility index (Phi) is 10.3. The first-order valence-electron chi connectivity index (χ1n) is 18.6. The van der Waals surface area contributed by atoms with Crippen LogP contribution in [0.4, 0.5) is 17.1 Å². The lowest BCUT2D eigenvalue weighted by atomic mass is 9.82. The summed E-state index contributed by atoms with van der Waals surface area (Å²) in [6, 6.07) is 21.1. The first-order chi connectivity index (χ1) is 25.1. The van der Waals surface area contributed by atoms with Crippen molar-refractivity contribution in [3.05, 3.63) is 77.9 Å². The van der Waals surface area contributed by atoms with Gasteiger partial charge in [0.25, 0.3) is 5.91 Å². The van der Waals surface area contributed by atoms with Gasteiger partial charge in [-0.05, 0) is 98.8 Å². The normalized spacial score (nSPS) is 26.9. The van der Waals surface area contributed by atoms with Crippen LogP contribution in [0.5, 0.6) is 5.75 Å². The van der Waals surface area contributed by atoms with Gasteiger partial charge in [-0.3, -0.25) is 14.4 Å². The summed E-state index contributed by atoms with van der Waals surface area (Å²) in [5, 5.41) is 24.1. The smallest absolute Gasteiger partial charge is 0.264 e. The zero-order valence-electron chi connectivity index (χ0n) is 30.5. The third-order valence-electron chi connectivity index (χ3n) is 11.8. The average molecular weight is 726 g/mol. The minimum Gasteiger partial charge on any atom is -0.497 e. The molecule has 3 amide bonds. The van der Waals surface area contributed by atoms with Crippen molar-refractivity contribution in [2.24, 2.45) is 5.92 Å². The Morgan fingerprint density at radius 1 is 0.942 bits per heavy atom. The Balaban J connectivity index is 1.23. The van der Waals surface area contributed by atoms with Crippen molar-refractivity contribution in [1.82, 2.24) is 10.6 Å². The molecule has 0 saturated carbocycles. The fourth-order valence-corrected chi connectivity index (χ4v) is 13.2. The maximum atomic E-state index is 15.1. The van der Waals surface area contributed by atoms with Crippen molar-refractivity contribution in [3.8, 4) is 5.75 Å². The number of carbonyl (C=O) groups excluding carboxylic acids is 3. The second kappa shape index (κ2) is 14.7. The molecule has 0 aromatic heterocycles. The van der Waals surface area contributed by atoms with E-state index in [9.17, 15) is 14.7 Å². The number of anilines is 3. The topological polar surface area (TPSA) is 141 Å². The molecule has 7 rings (SSSR count). The zero-order chi connectivity index (χ0) is 36.6. The molecule has 12 heteroatoms. The zero-order valence-corrected chi connectivity index (χ0v) is 31.5. The first kappa shape index (κ1) is 36.3. The predicted molar refractivity (Wildman–Crippen MR) is 205 cm³/mol. The molecular weight excluding hydrogens is 675 g/mol. The lowest BCUT2D eigenvalue weighted by molar-refractivity contribution is -0.146. The number of aliphatic hydroxyl groups is 1.